The van der Waals surface area contributed by atoms with Crippen LogP contribution in [-0.4, -0.2) is 35.6 Å². The summed E-state index contributed by atoms with van der Waals surface area (Å²) in [6.45, 7) is 10.5. The van der Waals surface area contributed by atoms with Crippen LogP contribution in [0.1, 0.15) is 25.0 Å². The van der Waals surface area contributed by atoms with E-state index < -0.39 is 0 Å². The average molecular weight is 370 g/mol. The van der Waals surface area contributed by atoms with Crippen molar-refractivity contribution in [2.45, 2.75) is 26.9 Å². The minimum atomic E-state index is 0.782. The first-order valence-corrected chi connectivity index (χ1v) is 9.83. The molecule has 0 saturated carbocycles. The highest BCUT2D eigenvalue weighted by Crippen LogP contribution is 2.22. The zero-order valence-corrected chi connectivity index (χ0v) is 16.5. The van der Waals surface area contributed by atoms with E-state index in [9.17, 15) is 0 Å². The molecular formula is C22H28ClN3. The smallest absolute Gasteiger partial charge is 0.0486 e. The van der Waals surface area contributed by atoms with E-state index in [1.165, 1.54) is 22.0 Å². The number of hydrogen-bond acceptors (Lipinski definition) is 2. The molecule has 0 atom stereocenters. The molecule has 4 heteroatoms. The lowest BCUT2D eigenvalue weighted by Gasteiger charge is -2.17. The summed E-state index contributed by atoms with van der Waals surface area (Å²) in [7, 11) is 0. The first kappa shape index (κ1) is 19.0. The topological polar surface area (TPSA) is 20.2 Å². The van der Waals surface area contributed by atoms with Crippen molar-refractivity contribution < 1.29 is 0 Å². The summed E-state index contributed by atoms with van der Waals surface area (Å²) in [5.74, 6) is 0. The number of nitrogens with one attached hydrogen (secondary N) is 1. The Balaban J connectivity index is 1.71. The molecule has 0 saturated heterocycles. The lowest BCUT2D eigenvalue weighted by molar-refractivity contribution is 0.302. The molecule has 0 aliphatic heterocycles. The Hall–Kier alpha value is -1.81. The lowest BCUT2D eigenvalue weighted by atomic mass is 10.2. The van der Waals surface area contributed by atoms with Gasteiger partial charge in [0.2, 0.25) is 0 Å². The van der Waals surface area contributed by atoms with Crippen LogP contribution < -0.4 is 5.32 Å². The standard InChI is InChI=1S/C22H28ClN3/c1-3-25(4-2)14-13-24-15-19-17-26(22-8-6-5-7-21(19)22)16-18-9-11-20(23)12-10-18/h5-12,17,24H,3-4,13-16H2,1-2H3. The maximum Gasteiger partial charge on any atom is 0.0486 e. The molecule has 0 unspecified atom stereocenters. The van der Waals surface area contributed by atoms with Gasteiger partial charge in [0.25, 0.3) is 0 Å². The fourth-order valence-corrected chi connectivity index (χ4v) is 3.51. The quantitative estimate of drug-likeness (QED) is 0.548. The molecule has 26 heavy (non-hydrogen) atoms. The molecule has 3 rings (SSSR count). The van der Waals surface area contributed by atoms with E-state index in [-0.39, 0.29) is 0 Å². The number of nitrogens with zero attached hydrogens (tertiary/aromatic N) is 2. The summed E-state index contributed by atoms with van der Waals surface area (Å²) in [4.78, 5) is 2.44. The molecule has 2 aromatic carbocycles. The molecule has 1 N–H and O–H groups in total. The number of para-hydroxylation sites is 1. The summed E-state index contributed by atoms with van der Waals surface area (Å²) < 4.78 is 2.33. The number of aromatic nitrogens is 1. The molecule has 0 aliphatic rings. The number of benzene rings is 2. The van der Waals surface area contributed by atoms with E-state index in [2.05, 4.69) is 71.2 Å². The van der Waals surface area contributed by atoms with E-state index in [0.29, 0.717) is 0 Å². The molecule has 1 heterocycles. The predicted molar refractivity (Wildman–Crippen MR) is 112 cm³/mol. The number of likely N-dealkylation sites (N-methyl/N-ethyl adjacent to an activating group) is 1. The Labute approximate surface area is 161 Å². The third-order valence-electron chi connectivity index (χ3n) is 4.95. The van der Waals surface area contributed by atoms with Gasteiger partial charge in [-0.05, 0) is 42.4 Å². The summed E-state index contributed by atoms with van der Waals surface area (Å²) in [6.07, 6.45) is 2.28. The van der Waals surface area contributed by atoms with Crippen LogP contribution in [0.15, 0.2) is 54.7 Å². The van der Waals surface area contributed by atoms with E-state index in [1.807, 2.05) is 12.1 Å². The van der Waals surface area contributed by atoms with E-state index in [4.69, 9.17) is 11.6 Å². The van der Waals surface area contributed by atoms with Crippen LogP contribution in [0.4, 0.5) is 0 Å². The van der Waals surface area contributed by atoms with Gasteiger partial charge in [-0.15, -0.1) is 0 Å². The minimum absolute atomic E-state index is 0.782. The molecule has 3 nitrogen and oxygen atoms in total. The monoisotopic (exact) mass is 369 g/mol. The zero-order chi connectivity index (χ0) is 18.4. The number of hydrogen-bond donors (Lipinski definition) is 1. The number of fused-ring (bicyclic) bond motifs is 1. The third kappa shape index (κ3) is 4.67. The van der Waals surface area contributed by atoms with Crippen molar-refractivity contribution >= 4 is 22.5 Å². The highest BCUT2D eigenvalue weighted by Gasteiger charge is 2.08. The van der Waals surface area contributed by atoms with Crippen molar-refractivity contribution in [3.63, 3.8) is 0 Å². The Bertz CT molecular complexity index is 819. The van der Waals surface area contributed by atoms with E-state index >= 15 is 0 Å². The molecule has 0 bridgehead atoms. The zero-order valence-electron chi connectivity index (χ0n) is 15.7. The highest BCUT2D eigenvalue weighted by molar-refractivity contribution is 6.30. The predicted octanol–water partition coefficient (Wildman–Crippen LogP) is 4.77. The molecule has 3 aromatic rings. The molecule has 0 amide bonds. The van der Waals surface area contributed by atoms with Crippen molar-refractivity contribution in [3.05, 3.63) is 70.9 Å². The second-order valence-corrected chi connectivity index (χ2v) is 7.07. The van der Waals surface area contributed by atoms with E-state index in [1.54, 1.807) is 0 Å². The number of halogens is 1. The van der Waals surface area contributed by atoms with Crippen LogP contribution in [0.25, 0.3) is 10.9 Å². The Kier molecular flexibility index (Phi) is 6.73. The maximum absolute atomic E-state index is 6.01. The first-order chi connectivity index (χ1) is 12.7. The van der Waals surface area contributed by atoms with Crippen LogP contribution in [0.3, 0.4) is 0 Å². The second kappa shape index (κ2) is 9.22. The fourth-order valence-electron chi connectivity index (χ4n) is 3.38. The van der Waals surface area contributed by atoms with Gasteiger partial charge in [0, 0.05) is 48.3 Å². The molecule has 0 spiro atoms. The van der Waals surface area contributed by atoms with E-state index in [0.717, 1.165) is 44.3 Å². The average Bonchev–Trinajstić information content (AvgIpc) is 3.02. The van der Waals surface area contributed by atoms with Gasteiger partial charge < -0.3 is 14.8 Å². The van der Waals surface area contributed by atoms with Crippen molar-refractivity contribution in [1.82, 2.24) is 14.8 Å². The van der Waals surface area contributed by atoms with Crippen molar-refractivity contribution in [1.29, 1.82) is 0 Å². The molecular weight excluding hydrogens is 342 g/mol. The molecule has 1 aromatic heterocycles. The van der Waals surface area contributed by atoms with Crippen LogP contribution in [0, 0.1) is 0 Å². The highest BCUT2D eigenvalue weighted by atomic mass is 35.5. The van der Waals surface area contributed by atoms with Gasteiger partial charge >= 0.3 is 0 Å². The van der Waals surface area contributed by atoms with Crippen LogP contribution >= 0.6 is 11.6 Å². The van der Waals surface area contributed by atoms with Crippen LogP contribution in [-0.2, 0) is 13.1 Å². The van der Waals surface area contributed by atoms with Gasteiger partial charge in [0.05, 0.1) is 0 Å². The molecule has 0 aliphatic carbocycles. The van der Waals surface area contributed by atoms with Crippen LogP contribution in [0.2, 0.25) is 5.02 Å². The van der Waals surface area contributed by atoms with Gasteiger partial charge in [-0.3, -0.25) is 0 Å². The second-order valence-electron chi connectivity index (χ2n) is 6.63. The Morgan fingerprint density at radius 3 is 2.46 bits per heavy atom. The first-order valence-electron chi connectivity index (χ1n) is 9.45. The Morgan fingerprint density at radius 2 is 1.73 bits per heavy atom. The number of rotatable bonds is 9. The van der Waals surface area contributed by atoms with Crippen LogP contribution in [0.5, 0.6) is 0 Å². The normalized spacial score (nSPS) is 11.5. The maximum atomic E-state index is 6.01. The van der Waals surface area contributed by atoms with Crippen molar-refractivity contribution in [3.8, 4) is 0 Å². The summed E-state index contributed by atoms with van der Waals surface area (Å²) in [5.41, 5.74) is 3.90. The van der Waals surface area contributed by atoms with Crippen molar-refractivity contribution in [2.75, 3.05) is 26.2 Å². The van der Waals surface area contributed by atoms with Gasteiger partial charge in [-0.2, -0.15) is 0 Å². The lowest BCUT2D eigenvalue weighted by Crippen LogP contribution is -2.31. The summed E-state index contributed by atoms with van der Waals surface area (Å²) in [6, 6.07) is 16.8. The molecule has 0 radical (unpaired) electrons. The van der Waals surface area contributed by atoms with Gasteiger partial charge in [-0.1, -0.05) is 55.8 Å². The fraction of sp³-hybridized carbons (Fsp3) is 0.364. The van der Waals surface area contributed by atoms with Gasteiger partial charge in [0.1, 0.15) is 0 Å². The SMILES string of the molecule is CCN(CC)CCNCc1cn(Cc2ccc(Cl)cc2)c2ccccc12. The Morgan fingerprint density at radius 1 is 1.00 bits per heavy atom. The van der Waals surface area contributed by atoms with Gasteiger partial charge in [-0.25, -0.2) is 0 Å². The van der Waals surface area contributed by atoms with Gasteiger partial charge in [0.15, 0.2) is 0 Å². The molecule has 0 fully saturated rings. The third-order valence-corrected chi connectivity index (χ3v) is 5.20. The largest absolute Gasteiger partial charge is 0.343 e. The van der Waals surface area contributed by atoms with Crippen molar-refractivity contribution in [2.24, 2.45) is 0 Å². The molecule has 138 valence electrons. The summed E-state index contributed by atoms with van der Waals surface area (Å²) in [5, 5.41) is 5.72. The minimum Gasteiger partial charge on any atom is -0.343 e. The summed E-state index contributed by atoms with van der Waals surface area (Å²) >= 11 is 6.01.